The Morgan fingerprint density at radius 3 is 3.12 bits per heavy atom. The van der Waals surface area contributed by atoms with Gasteiger partial charge >= 0.3 is 6.03 Å². The van der Waals surface area contributed by atoms with Gasteiger partial charge in [-0.3, -0.25) is 0 Å². The van der Waals surface area contributed by atoms with Crippen molar-refractivity contribution in [2.45, 2.75) is 13.0 Å². The molecule has 1 aromatic rings. The number of nitrogens with one attached hydrogen (secondary N) is 2. The van der Waals surface area contributed by atoms with Crippen LogP contribution >= 0.6 is 27.3 Å². The van der Waals surface area contributed by atoms with Gasteiger partial charge in [-0.25, -0.2) is 4.79 Å². The summed E-state index contributed by atoms with van der Waals surface area (Å²) in [6, 6.07) is 1.90. The number of rotatable bonds is 4. The van der Waals surface area contributed by atoms with Gasteiger partial charge in [-0.15, -0.1) is 11.3 Å². The van der Waals surface area contributed by atoms with Gasteiger partial charge < -0.3 is 15.4 Å². The quantitative estimate of drug-likeness (QED) is 0.895. The summed E-state index contributed by atoms with van der Waals surface area (Å²) in [5, 5.41) is 7.70. The van der Waals surface area contributed by atoms with Gasteiger partial charge in [0.2, 0.25) is 0 Å². The Kier molecular flexibility index (Phi) is 4.82. The first-order valence-electron chi connectivity index (χ1n) is 5.56. The number of amides is 2. The van der Waals surface area contributed by atoms with Crippen molar-refractivity contribution in [3.8, 4) is 0 Å². The second-order valence-corrected chi connectivity index (χ2v) is 5.94. The molecule has 0 saturated carbocycles. The molecule has 1 aliphatic rings. The largest absolute Gasteiger partial charge is 0.381 e. The predicted octanol–water partition coefficient (Wildman–Crippen LogP) is 2.35. The zero-order chi connectivity index (χ0) is 12.1. The Labute approximate surface area is 113 Å². The molecular weight excluding hydrogens is 304 g/mol. The van der Waals surface area contributed by atoms with E-state index in [1.807, 2.05) is 11.4 Å². The van der Waals surface area contributed by atoms with Crippen LogP contribution in [0.4, 0.5) is 4.79 Å². The Balaban J connectivity index is 1.63. The first-order valence-corrected chi connectivity index (χ1v) is 7.23. The summed E-state index contributed by atoms with van der Waals surface area (Å²) in [7, 11) is 0. The SMILES string of the molecule is O=C(NCc1cc(Br)cs1)NC[C@H]1CCOC1. The van der Waals surface area contributed by atoms with E-state index < -0.39 is 0 Å². The molecule has 2 N–H and O–H groups in total. The summed E-state index contributed by atoms with van der Waals surface area (Å²) in [4.78, 5) is 12.6. The van der Waals surface area contributed by atoms with E-state index in [0.29, 0.717) is 19.0 Å². The average Bonchev–Trinajstić information content (AvgIpc) is 2.95. The Bertz CT molecular complexity index is 377. The molecule has 2 amide bonds. The molecule has 0 aliphatic carbocycles. The zero-order valence-corrected chi connectivity index (χ0v) is 11.8. The van der Waals surface area contributed by atoms with Crippen LogP contribution in [0.3, 0.4) is 0 Å². The van der Waals surface area contributed by atoms with Gasteiger partial charge in [-0.2, -0.15) is 0 Å². The van der Waals surface area contributed by atoms with Crippen LogP contribution in [0.2, 0.25) is 0 Å². The highest BCUT2D eigenvalue weighted by Gasteiger charge is 2.16. The lowest BCUT2D eigenvalue weighted by atomic mass is 10.1. The van der Waals surface area contributed by atoms with Crippen molar-refractivity contribution < 1.29 is 9.53 Å². The maximum Gasteiger partial charge on any atom is 0.315 e. The van der Waals surface area contributed by atoms with Crippen molar-refractivity contribution in [1.82, 2.24) is 10.6 Å². The summed E-state index contributed by atoms with van der Waals surface area (Å²) >= 11 is 5.01. The molecule has 1 fully saturated rings. The highest BCUT2D eigenvalue weighted by molar-refractivity contribution is 9.10. The molecule has 0 aromatic carbocycles. The molecule has 0 unspecified atom stereocenters. The molecule has 4 nitrogen and oxygen atoms in total. The van der Waals surface area contributed by atoms with Crippen LogP contribution in [-0.2, 0) is 11.3 Å². The first kappa shape index (κ1) is 12.9. The first-order chi connectivity index (χ1) is 8.24. The lowest BCUT2D eigenvalue weighted by Crippen LogP contribution is -2.37. The minimum Gasteiger partial charge on any atom is -0.381 e. The van der Waals surface area contributed by atoms with E-state index in [-0.39, 0.29) is 6.03 Å². The smallest absolute Gasteiger partial charge is 0.315 e. The summed E-state index contributed by atoms with van der Waals surface area (Å²) in [6.07, 6.45) is 1.04. The van der Waals surface area contributed by atoms with E-state index in [2.05, 4.69) is 26.6 Å². The molecule has 1 aliphatic heterocycles. The Morgan fingerprint density at radius 1 is 1.59 bits per heavy atom. The number of ether oxygens (including phenoxy) is 1. The van der Waals surface area contributed by atoms with E-state index in [4.69, 9.17) is 4.74 Å². The van der Waals surface area contributed by atoms with Gasteiger partial charge in [0, 0.05) is 33.8 Å². The van der Waals surface area contributed by atoms with Gasteiger partial charge in [0.25, 0.3) is 0 Å². The number of thiophene rings is 1. The lowest BCUT2D eigenvalue weighted by Gasteiger charge is -2.10. The second kappa shape index (κ2) is 6.37. The van der Waals surface area contributed by atoms with Gasteiger partial charge in [-0.1, -0.05) is 0 Å². The van der Waals surface area contributed by atoms with Crippen molar-refractivity contribution in [2.24, 2.45) is 5.92 Å². The summed E-state index contributed by atoms with van der Waals surface area (Å²) in [5.74, 6) is 0.469. The van der Waals surface area contributed by atoms with Crippen LogP contribution in [-0.4, -0.2) is 25.8 Å². The average molecular weight is 319 g/mol. The molecule has 17 heavy (non-hydrogen) atoms. The fourth-order valence-electron chi connectivity index (χ4n) is 1.66. The van der Waals surface area contributed by atoms with E-state index in [9.17, 15) is 4.79 Å². The normalized spacial score (nSPS) is 19.2. The maximum atomic E-state index is 11.5. The summed E-state index contributed by atoms with van der Waals surface area (Å²) in [5.41, 5.74) is 0. The van der Waals surface area contributed by atoms with Crippen LogP contribution in [0.5, 0.6) is 0 Å². The second-order valence-electron chi connectivity index (χ2n) is 4.02. The van der Waals surface area contributed by atoms with Crippen LogP contribution in [0.1, 0.15) is 11.3 Å². The highest BCUT2D eigenvalue weighted by atomic mass is 79.9. The molecule has 2 rings (SSSR count). The Morgan fingerprint density at radius 2 is 2.47 bits per heavy atom. The maximum absolute atomic E-state index is 11.5. The lowest BCUT2D eigenvalue weighted by molar-refractivity contribution is 0.185. The molecule has 0 bridgehead atoms. The van der Waals surface area contributed by atoms with Gasteiger partial charge in [0.05, 0.1) is 13.2 Å². The number of carbonyl (C=O) groups excluding carboxylic acids is 1. The number of urea groups is 1. The molecule has 0 radical (unpaired) electrons. The molecule has 94 valence electrons. The predicted molar refractivity (Wildman–Crippen MR) is 71.2 cm³/mol. The van der Waals surface area contributed by atoms with Crippen molar-refractivity contribution in [3.05, 3.63) is 20.8 Å². The molecule has 6 heteroatoms. The summed E-state index contributed by atoms with van der Waals surface area (Å²) < 4.78 is 6.30. The fourth-order valence-corrected chi connectivity index (χ4v) is 3.05. The number of halogens is 1. The molecule has 1 aromatic heterocycles. The minimum absolute atomic E-state index is 0.110. The van der Waals surface area contributed by atoms with Crippen LogP contribution in [0, 0.1) is 5.92 Å². The highest BCUT2D eigenvalue weighted by Crippen LogP contribution is 2.19. The third kappa shape index (κ3) is 4.29. The number of hydrogen-bond donors (Lipinski definition) is 2. The van der Waals surface area contributed by atoms with E-state index in [1.165, 1.54) is 0 Å². The van der Waals surface area contributed by atoms with Gasteiger partial charge in [0.1, 0.15) is 0 Å². The fraction of sp³-hybridized carbons (Fsp3) is 0.545. The Hall–Kier alpha value is -0.590. The molecule has 1 saturated heterocycles. The van der Waals surface area contributed by atoms with Crippen molar-refractivity contribution in [2.75, 3.05) is 19.8 Å². The molecule has 0 spiro atoms. The molecule has 2 heterocycles. The van der Waals surface area contributed by atoms with Crippen LogP contribution in [0.15, 0.2) is 15.9 Å². The molecule has 1 atom stereocenters. The van der Waals surface area contributed by atoms with Crippen molar-refractivity contribution in [3.63, 3.8) is 0 Å². The zero-order valence-electron chi connectivity index (χ0n) is 9.37. The van der Waals surface area contributed by atoms with Crippen LogP contribution in [0.25, 0.3) is 0 Å². The number of carbonyl (C=O) groups is 1. The third-order valence-electron chi connectivity index (χ3n) is 2.62. The van der Waals surface area contributed by atoms with Crippen molar-refractivity contribution >= 4 is 33.3 Å². The monoisotopic (exact) mass is 318 g/mol. The van der Waals surface area contributed by atoms with Gasteiger partial charge in [-0.05, 0) is 28.4 Å². The van der Waals surface area contributed by atoms with E-state index in [0.717, 1.165) is 29.0 Å². The standard InChI is InChI=1S/C11H15BrN2O2S/c12-9-3-10(17-7-9)5-14-11(15)13-4-8-1-2-16-6-8/h3,7-8H,1-2,4-6H2,(H2,13,14,15)/t8-/m1/s1. The van der Waals surface area contributed by atoms with E-state index in [1.54, 1.807) is 11.3 Å². The van der Waals surface area contributed by atoms with Crippen molar-refractivity contribution in [1.29, 1.82) is 0 Å². The number of hydrogen-bond acceptors (Lipinski definition) is 3. The minimum atomic E-state index is -0.110. The third-order valence-corrected chi connectivity index (χ3v) is 4.32. The molecular formula is C11H15BrN2O2S. The van der Waals surface area contributed by atoms with Gasteiger partial charge in [0.15, 0.2) is 0 Å². The topological polar surface area (TPSA) is 50.4 Å². The van der Waals surface area contributed by atoms with E-state index >= 15 is 0 Å². The summed E-state index contributed by atoms with van der Waals surface area (Å²) in [6.45, 7) is 2.85. The van der Waals surface area contributed by atoms with Crippen LogP contribution < -0.4 is 10.6 Å².